The van der Waals surface area contributed by atoms with E-state index in [4.69, 9.17) is 5.11 Å². The molecule has 0 saturated heterocycles. The fourth-order valence-corrected chi connectivity index (χ4v) is 3.70. The molecule has 2 N–H and O–H groups in total. The number of aryl methyl sites for hydroxylation is 1. The number of carboxylic acid groups (broad SMARTS) is 1. The molecule has 4 nitrogen and oxygen atoms in total. The third-order valence-electron chi connectivity index (χ3n) is 3.85. The number of fused-ring (bicyclic) bond motifs is 1. The summed E-state index contributed by atoms with van der Waals surface area (Å²) in [6.45, 7) is 7.13. The van der Waals surface area contributed by atoms with Gasteiger partial charge in [-0.15, -0.1) is 0 Å². The van der Waals surface area contributed by atoms with Gasteiger partial charge in [-0.3, -0.25) is 0 Å². The number of phenols is 1. The monoisotopic (exact) mass is 346 g/mol. The zero-order chi connectivity index (χ0) is 18.2. The van der Waals surface area contributed by atoms with Gasteiger partial charge in [0.1, 0.15) is 17.6 Å². The van der Waals surface area contributed by atoms with Gasteiger partial charge in [-0.1, -0.05) is 39.0 Å². The molecule has 1 atom stereocenters. The van der Waals surface area contributed by atoms with Crippen LogP contribution in [0.25, 0.3) is 11.1 Å². The standard InChI is InChI=1S/C13H18O4S.C6H4/c1-7-6-8(18(5)17)10(13(2,3)4)11(14)9(7)12(15)16;1-2-5-4-6(5)3-1/h6,14H,1-5H3,(H,15,16);1-4H. The fourth-order valence-electron chi connectivity index (χ4n) is 2.67. The van der Waals surface area contributed by atoms with Crippen LogP contribution in [0.5, 0.6) is 5.75 Å². The van der Waals surface area contributed by atoms with Crippen LogP contribution in [-0.2, 0) is 16.6 Å². The first-order valence-corrected chi connectivity index (χ1v) is 9.14. The van der Waals surface area contributed by atoms with E-state index in [0.717, 1.165) is 0 Å². The minimum Gasteiger partial charge on any atom is -0.612 e. The lowest BCUT2D eigenvalue weighted by Gasteiger charge is -2.25. The molecule has 0 saturated carbocycles. The molecule has 128 valence electrons. The van der Waals surface area contributed by atoms with Crippen LogP contribution >= 0.6 is 0 Å². The number of aromatic carboxylic acids is 1. The van der Waals surface area contributed by atoms with Crippen LogP contribution in [-0.4, -0.2) is 27.0 Å². The molecular formula is C19H22O4S. The Balaban J connectivity index is 0.000000282. The predicted octanol–water partition coefficient (Wildman–Crippen LogP) is 4.10. The van der Waals surface area contributed by atoms with Crippen molar-refractivity contribution in [3.05, 3.63) is 47.0 Å². The Hall–Kier alpha value is -1.98. The van der Waals surface area contributed by atoms with E-state index in [0.29, 0.717) is 16.0 Å². The topological polar surface area (TPSA) is 80.6 Å². The van der Waals surface area contributed by atoms with Crippen LogP contribution in [0.4, 0.5) is 0 Å². The molecule has 0 spiro atoms. The molecular weight excluding hydrogens is 324 g/mol. The molecule has 24 heavy (non-hydrogen) atoms. The van der Waals surface area contributed by atoms with E-state index < -0.39 is 22.6 Å². The smallest absolute Gasteiger partial charge is 0.339 e. The fraction of sp³-hybridized carbons (Fsp3) is 0.316. The van der Waals surface area contributed by atoms with E-state index in [1.165, 1.54) is 17.4 Å². The van der Waals surface area contributed by atoms with Gasteiger partial charge in [0.25, 0.3) is 0 Å². The average Bonchev–Trinajstić information content (AvgIpc) is 3.02. The molecule has 0 aliphatic heterocycles. The maximum atomic E-state index is 11.8. The number of carboxylic acids is 1. The van der Waals surface area contributed by atoms with Crippen LogP contribution in [0.15, 0.2) is 35.2 Å². The summed E-state index contributed by atoms with van der Waals surface area (Å²) < 4.78 is 11.8. The van der Waals surface area contributed by atoms with Crippen molar-refractivity contribution in [1.82, 2.24) is 0 Å². The van der Waals surface area contributed by atoms with E-state index >= 15 is 0 Å². The zero-order valence-electron chi connectivity index (χ0n) is 14.5. The van der Waals surface area contributed by atoms with Gasteiger partial charge in [0, 0.05) is 0 Å². The Labute approximate surface area is 145 Å². The number of rotatable bonds is 2. The highest BCUT2D eigenvalue weighted by Gasteiger charge is 2.31. The van der Waals surface area contributed by atoms with Crippen LogP contribution in [0.3, 0.4) is 0 Å². The van der Waals surface area contributed by atoms with Gasteiger partial charge in [-0.25, -0.2) is 4.79 Å². The molecule has 2 aliphatic rings. The quantitative estimate of drug-likeness (QED) is 0.685. The predicted molar refractivity (Wildman–Crippen MR) is 96.3 cm³/mol. The Morgan fingerprint density at radius 3 is 2.00 bits per heavy atom. The van der Waals surface area contributed by atoms with Crippen LogP contribution in [0.1, 0.15) is 42.3 Å². The third-order valence-corrected chi connectivity index (χ3v) is 4.79. The molecule has 0 bridgehead atoms. The molecule has 0 radical (unpaired) electrons. The number of benzene rings is 2. The van der Waals surface area contributed by atoms with Crippen molar-refractivity contribution in [2.75, 3.05) is 6.26 Å². The summed E-state index contributed by atoms with van der Waals surface area (Å²) in [6, 6.07) is 10.1. The first-order chi connectivity index (χ1) is 11.0. The second-order valence-electron chi connectivity index (χ2n) is 6.88. The molecule has 1 aromatic rings. The summed E-state index contributed by atoms with van der Waals surface area (Å²) in [5, 5.41) is 19.3. The number of carbonyl (C=O) groups is 1. The minimum absolute atomic E-state index is 0.117. The highest BCUT2D eigenvalue weighted by atomic mass is 32.2. The Morgan fingerprint density at radius 1 is 1.17 bits per heavy atom. The Kier molecular flexibility index (Phi) is 4.97. The van der Waals surface area contributed by atoms with Crippen molar-refractivity contribution in [1.29, 1.82) is 0 Å². The van der Waals surface area contributed by atoms with Crippen molar-refractivity contribution in [3.8, 4) is 16.9 Å². The molecule has 0 amide bonds. The van der Waals surface area contributed by atoms with E-state index in [2.05, 4.69) is 24.3 Å². The average molecular weight is 346 g/mol. The van der Waals surface area contributed by atoms with Gasteiger partial charge in [0.2, 0.25) is 0 Å². The van der Waals surface area contributed by atoms with Crippen molar-refractivity contribution >= 4 is 17.1 Å². The summed E-state index contributed by atoms with van der Waals surface area (Å²) in [4.78, 5) is 11.7. The maximum absolute atomic E-state index is 11.8. The van der Waals surface area contributed by atoms with Crippen molar-refractivity contribution in [2.24, 2.45) is 0 Å². The van der Waals surface area contributed by atoms with Crippen LogP contribution < -0.4 is 0 Å². The molecule has 5 heteroatoms. The second kappa shape index (κ2) is 6.49. The number of aromatic hydroxyl groups is 1. The largest absolute Gasteiger partial charge is 0.612 e. The summed E-state index contributed by atoms with van der Waals surface area (Å²) in [6.07, 6.45) is 1.52. The lowest BCUT2D eigenvalue weighted by molar-refractivity contribution is 0.0692. The summed E-state index contributed by atoms with van der Waals surface area (Å²) in [7, 11) is 0. The Bertz CT molecular complexity index is 771. The summed E-state index contributed by atoms with van der Waals surface area (Å²) in [5.41, 5.74) is 3.10. The van der Waals surface area contributed by atoms with Crippen molar-refractivity contribution in [3.63, 3.8) is 0 Å². The van der Waals surface area contributed by atoms with E-state index in [-0.39, 0.29) is 11.3 Å². The van der Waals surface area contributed by atoms with Crippen LogP contribution in [0.2, 0.25) is 0 Å². The molecule has 3 rings (SSSR count). The van der Waals surface area contributed by atoms with Gasteiger partial charge in [0.05, 0.1) is 5.56 Å². The SMILES string of the molecule is Cc1cc([S+](C)[O-])c(C(C)(C)C)c(O)c1C(=O)O.c1cc2cc-2c1. The van der Waals surface area contributed by atoms with Gasteiger partial charge in [-0.2, -0.15) is 0 Å². The minimum atomic E-state index is -1.28. The normalized spacial score (nSPS) is 12.9. The van der Waals surface area contributed by atoms with Gasteiger partial charge in [-0.05, 0) is 52.3 Å². The van der Waals surface area contributed by atoms with E-state index in [9.17, 15) is 14.5 Å². The van der Waals surface area contributed by atoms with E-state index in [1.54, 1.807) is 13.0 Å². The van der Waals surface area contributed by atoms with Gasteiger partial charge < -0.3 is 14.8 Å². The Morgan fingerprint density at radius 2 is 1.71 bits per heavy atom. The first kappa shape index (κ1) is 18.4. The highest BCUT2D eigenvalue weighted by Crippen LogP contribution is 2.40. The maximum Gasteiger partial charge on any atom is 0.339 e. The van der Waals surface area contributed by atoms with Crippen molar-refractivity contribution in [2.45, 2.75) is 38.0 Å². The number of hydrogen-bond donors (Lipinski definition) is 2. The van der Waals surface area contributed by atoms with E-state index in [1.807, 2.05) is 20.8 Å². The van der Waals surface area contributed by atoms with Gasteiger partial charge in [0.15, 0.2) is 4.90 Å². The summed E-state index contributed by atoms with van der Waals surface area (Å²) >= 11 is -1.28. The van der Waals surface area contributed by atoms with Crippen molar-refractivity contribution < 1.29 is 19.6 Å². The summed E-state index contributed by atoms with van der Waals surface area (Å²) in [5.74, 6) is -1.45. The molecule has 0 fully saturated rings. The van der Waals surface area contributed by atoms with Gasteiger partial charge >= 0.3 is 5.97 Å². The highest BCUT2D eigenvalue weighted by molar-refractivity contribution is 7.90. The lowest BCUT2D eigenvalue weighted by Crippen LogP contribution is -2.19. The molecule has 0 heterocycles. The second-order valence-corrected chi connectivity index (χ2v) is 8.23. The molecule has 0 aromatic heterocycles. The third kappa shape index (κ3) is 3.74. The number of hydrogen-bond acceptors (Lipinski definition) is 3. The van der Waals surface area contributed by atoms with Crippen LogP contribution in [0, 0.1) is 6.92 Å². The molecule has 2 aliphatic carbocycles. The molecule has 1 unspecified atom stereocenters. The zero-order valence-corrected chi connectivity index (χ0v) is 15.3. The first-order valence-electron chi connectivity index (χ1n) is 7.58. The lowest BCUT2D eigenvalue weighted by atomic mass is 9.84. The molecule has 1 aromatic carbocycles.